The van der Waals surface area contributed by atoms with Gasteiger partial charge in [-0.25, -0.2) is 0 Å². The lowest BCUT2D eigenvalue weighted by Gasteiger charge is -2.30. The summed E-state index contributed by atoms with van der Waals surface area (Å²) < 4.78 is 5.34. The van der Waals surface area contributed by atoms with Crippen LogP contribution in [-0.2, 0) is 9.53 Å². The Morgan fingerprint density at radius 2 is 1.90 bits per heavy atom. The van der Waals surface area contributed by atoms with Crippen molar-refractivity contribution in [2.45, 2.75) is 12.5 Å². The van der Waals surface area contributed by atoms with Gasteiger partial charge >= 0.3 is 0 Å². The van der Waals surface area contributed by atoms with Gasteiger partial charge in [0.05, 0.1) is 18.9 Å². The molecule has 1 heterocycles. The molecule has 5 heteroatoms. The van der Waals surface area contributed by atoms with Gasteiger partial charge < -0.3 is 10.1 Å². The van der Waals surface area contributed by atoms with Gasteiger partial charge in [0.2, 0.25) is 0 Å². The minimum Gasteiger partial charge on any atom is -0.379 e. The fourth-order valence-corrected chi connectivity index (χ4v) is 2.71. The number of morpholine rings is 1. The van der Waals surface area contributed by atoms with Crippen LogP contribution in [0, 0.1) is 0 Å². The van der Waals surface area contributed by atoms with Crippen molar-refractivity contribution in [2.24, 2.45) is 0 Å². The highest BCUT2D eigenvalue weighted by molar-refractivity contribution is 6.30. The number of ether oxygens (including phenoxy) is 1. The number of hydrogen-bond donors (Lipinski definition) is 1. The second kappa shape index (κ2) is 5.95. The number of halogens is 1. The first-order valence-corrected chi connectivity index (χ1v) is 7.19. The van der Waals surface area contributed by atoms with Crippen molar-refractivity contribution in [2.75, 3.05) is 31.6 Å². The first-order chi connectivity index (χ1) is 9.72. The summed E-state index contributed by atoms with van der Waals surface area (Å²) in [5.74, 6) is 0.163. The second-order valence-electron chi connectivity index (χ2n) is 5.06. The Balaban J connectivity index is 1.68. The van der Waals surface area contributed by atoms with Gasteiger partial charge in [-0.2, -0.15) is 0 Å². The topological polar surface area (TPSA) is 41.6 Å². The van der Waals surface area contributed by atoms with Crippen molar-refractivity contribution in [3.63, 3.8) is 0 Å². The minimum atomic E-state index is 0.163. The van der Waals surface area contributed by atoms with Crippen LogP contribution in [0.3, 0.4) is 0 Å². The number of carbonyl (C=O) groups excluding carboxylic acids is 1. The highest BCUT2D eigenvalue weighted by atomic mass is 35.5. The van der Waals surface area contributed by atoms with E-state index in [1.807, 2.05) is 30.3 Å². The molecule has 1 fully saturated rings. The Kier molecular flexibility index (Phi) is 4.05. The SMILES string of the molecule is O=C1CC(N2CCOCC2)C=C1Nc1ccc(Cl)cc1. The predicted octanol–water partition coefficient (Wildman–Crippen LogP) is 2.31. The summed E-state index contributed by atoms with van der Waals surface area (Å²) in [5, 5.41) is 3.87. The predicted molar refractivity (Wildman–Crippen MR) is 79.0 cm³/mol. The van der Waals surface area contributed by atoms with E-state index in [2.05, 4.69) is 10.2 Å². The standard InChI is InChI=1S/C15H17ClN2O2/c16-11-1-3-12(4-2-11)17-14-9-13(10-15(14)19)18-5-7-20-8-6-18/h1-4,9,13,17H,5-8,10H2. The molecule has 1 saturated heterocycles. The van der Waals surface area contributed by atoms with Gasteiger partial charge in [-0.05, 0) is 30.3 Å². The monoisotopic (exact) mass is 292 g/mol. The summed E-state index contributed by atoms with van der Waals surface area (Å²) in [6.07, 6.45) is 2.58. The van der Waals surface area contributed by atoms with Crippen LogP contribution in [-0.4, -0.2) is 43.0 Å². The van der Waals surface area contributed by atoms with Crippen LogP contribution in [0.15, 0.2) is 36.0 Å². The molecular formula is C15H17ClN2O2. The lowest BCUT2D eigenvalue weighted by Crippen LogP contribution is -2.42. The van der Waals surface area contributed by atoms with E-state index in [-0.39, 0.29) is 11.8 Å². The third-order valence-corrected chi connectivity index (χ3v) is 3.94. The molecule has 0 amide bonds. The molecule has 1 atom stereocenters. The average Bonchev–Trinajstić information content (AvgIpc) is 2.84. The minimum absolute atomic E-state index is 0.163. The fourth-order valence-electron chi connectivity index (χ4n) is 2.59. The van der Waals surface area contributed by atoms with Crippen LogP contribution in [0.4, 0.5) is 5.69 Å². The molecule has 1 aliphatic heterocycles. The maximum atomic E-state index is 12.1. The van der Waals surface area contributed by atoms with E-state index in [1.54, 1.807) is 0 Å². The number of nitrogens with one attached hydrogen (secondary N) is 1. The van der Waals surface area contributed by atoms with Crippen LogP contribution in [0.25, 0.3) is 0 Å². The number of ketones is 1. The van der Waals surface area contributed by atoms with E-state index in [0.717, 1.165) is 32.0 Å². The number of rotatable bonds is 3. The van der Waals surface area contributed by atoms with Crippen LogP contribution in [0.2, 0.25) is 5.02 Å². The van der Waals surface area contributed by atoms with Crippen molar-refractivity contribution in [3.05, 3.63) is 41.1 Å². The molecular weight excluding hydrogens is 276 g/mol. The Morgan fingerprint density at radius 1 is 1.20 bits per heavy atom. The number of Topliss-reactive ketones (excluding diaryl/α,β-unsaturated/α-hetero) is 1. The molecule has 0 radical (unpaired) electrons. The normalized spacial score (nSPS) is 23.8. The van der Waals surface area contributed by atoms with E-state index in [4.69, 9.17) is 16.3 Å². The first-order valence-electron chi connectivity index (χ1n) is 6.82. The lowest BCUT2D eigenvalue weighted by molar-refractivity contribution is -0.115. The van der Waals surface area contributed by atoms with Gasteiger partial charge in [-0.1, -0.05) is 11.6 Å². The van der Waals surface area contributed by atoms with E-state index in [1.165, 1.54) is 0 Å². The number of nitrogens with zero attached hydrogens (tertiary/aromatic N) is 1. The zero-order valence-corrected chi connectivity index (χ0v) is 11.9. The molecule has 20 heavy (non-hydrogen) atoms. The molecule has 3 rings (SSSR count). The summed E-state index contributed by atoms with van der Waals surface area (Å²) in [5.41, 5.74) is 1.57. The first kappa shape index (κ1) is 13.6. The molecule has 1 N–H and O–H groups in total. The van der Waals surface area contributed by atoms with Crippen LogP contribution < -0.4 is 5.32 Å². The molecule has 1 aromatic carbocycles. The van der Waals surface area contributed by atoms with Crippen LogP contribution >= 0.6 is 11.6 Å². The quantitative estimate of drug-likeness (QED) is 0.928. The van der Waals surface area contributed by atoms with Crippen molar-refractivity contribution in [3.8, 4) is 0 Å². The molecule has 1 aromatic rings. The van der Waals surface area contributed by atoms with E-state index in [9.17, 15) is 4.79 Å². The molecule has 1 aliphatic carbocycles. The lowest BCUT2D eigenvalue weighted by atomic mass is 10.2. The molecule has 0 saturated carbocycles. The number of anilines is 1. The number of hydrogen-bond acceptors (Lipinski definition) is 4. The van der Waals surface area contributed by atoms with E-state index < -0.39 is 0 Å². The molecule has 106 valence electrons. The van der Waals surface area contributed by atoms with Gasteiger partial charge in [-0.3, -0.25) is 9.69 Å². The molecule has 0 spiro atoms. The van der Waals surface area contributed by atoms with Crippen molar-refractivity contribution in [1.29, 1.82) is 0 Å². The summed E-state index contributed by atoms with van der Waals surface area (Å²) in [7, 11) is 0. The van der Waals surface area contributed by atoms with Gasteiger partial charge in [0.25, 0.3) is 0 Å². The zero-order valence-electron chi connectivity index (χ0n) is 11.1. The highest BCUT2D eigenvalue weighted by Gasteiger charge is 2.29. The maximum Gasteiger partial charge on any atom is 0.180 e. The Hall–Kier alpha value is -1.36. The van der Waals surface area contributed by atoms with Gasteiger partial charge in [0.15, 0.2) is 5.78 Å². The molecule has 1 unspecified atom stereocenters. The van der Waals surface area contributed by atoms with Crippen LogP contribution in [0.5, 0.6) is 0 Å². The molecule has 0 bridgehead atoms. The van der Waals surface area contributed by atoms with Gasteiger partial charge in [0, 0.05) is 36.3 Å². The van der Waals surface area contributed by atoms with Gasteiger partial charge in [0.1, 0.15) is 0 Å². The smallest absolute Gasteiger partial charge is 0.180 e. The molecule has 2 aliphatic rings. The zero-order chi connectivity index (χ0) is 13.9. The van der Waals surface area contributed by atoms with Crippen molar-refractivity contribution >= 4 is 23.1 Å². The number of allylic oxidation sites excluding steroid dienone is 1. The molecule has 0 aromatic heterocycles. The maximum absolute atomic E-state index is 12.1. The Morgan fingerprint density at radius 3 is 2.60 bits per heavy atom. The summed E-state index contributed by atoms with van der Waals surface area (Å²) in [4.78, 5) is 14.4. The summed E-state index contributed by atoms with van der Waals surface area (Å²) in [6, 6.07) is 7.56. The van der Waals surface area contributed by atoms with Gasteiger partial charge in [-0.15, -0.1) is 0 Å². The summed E-state index contributed by atoms with van der Waals surface area (Å²) >= 11 is 5.85. The fraction of sp³-hybridized carbons (Fsp3) is 0.400. The largest absolute Gasteiger partial charge is 0.379 e. The Bertz CT molecular complexity index is 521. The molecule has 4 nitrogen and oxygen atoms in total. The van der Waals surface area contributed by atoms with Crippen LogP contribution in [0.1, 0.15) is 6.42 Å². The number of benzene rings is 1. The van der Waals surface area contributed by atoms with E-state index in [0.29, 0.717) is 17.1 Å². The third kappa shape index (κ3) is 3.03. The average molecular weight is 293 g/mol. The summed E-state index contributed by atoms with van der Waals surface area (Å²) in [6.45, 7) is 3.28. The van der Waals surface area contributed by atoms with Crippen molar-refractivity contribution < 1.29 is 9.53 Å². The Labute approximate surface area is 123 Å². The number of carbonyl (C=O) groups is 1. The highest BCUT2D eigenvalue weighted by Crippen LogP contribution is 2.23. The third-order valence-electron chi connectivity index (χ3n) is 3.69. The van der Waals surface area contributed by atoms with E-state index >= 15 is 0 Å². The second-order valence-corrected chi connectivity index (χ2v) is 5.49. The van der Waals surface area contributed by atoms with Crippen molar-refractivity contribution in [1.82, 2.24) is 4.90 Å².